The molecule has 0 saturated carbocycles. The van der Waals surface area contributed by atoms with Crippen molar-refractivity contribution in [3.05, 3.63) is 70.4 Å². The number of hydrogen-bond donors (Lipinski definition) is 3. The van der Waals surface area contributed by atoms with E-state index in [1.54, 1.807) is 20.1 Å². The van der Waals surface area contributed by atoms with Gasteiger partial charge in [-0.2, -0.15) is 0 Å². The summed E-state index contributed by atoms with van der Waals surface area (Å²) in [5.74, 6) is 0.333. The Balaban J connectivity index is 2.01. The van der Waals surface area contributed by atoms with Gasteiger partial charge in [-0.3, -0.25) is 4.79 Å². The monoisotopic (exact) mass is 365 g/mol. The minimum Gasteiger partial charge on any atom is -0.496 e. The van der Waals surface area contributed by atoms with Crippen LogP contribution in [0.1, 0.15) is 29.7 Å². The molecule has 140 valence electrons. The molecule has 3 amide bonds. The fourth-order valence-electron chi connectivity index (χ4n) is 3.19. The lowest BCUT2D eigenvalue weighted by Gasteiger charge is -2.29. The van der Waals surface area contributed by atoms with Gasteiger partial charge in [0.2, 0.25) is 0 Å². The number of anilines is 1. The molecular formula is C21H23N3O3. The highest BCUT2D eigenvalue weighted by Crippen LogP contribution is 2.33. The molecule has 3 rings (SSSR count). The van der Waals surface area contributed by atoms with Gasteiger partial charge in [0.1, 0.15) is 5.75 Å². The zero-order valence-corrected chi connectivity index (χ0v) is 15.8. The van der Waals surface area contributed by atoms with Crippen molar-refractivity contribution in [2.45, 2.75) is 26.8 Å². The van der Waals surface area contributed by atoms with Crippen LogP contribution >= 0.6 is 0 Å². The molecule has 2 aromatic carbocycles. The van der Waals surface area contributed by atoms with Crippen LogP contribution in [0, 0.1) is 13.8 Å². The summed E-state index contributed by atoms with van der Waals surface area (Å²) in [6, 6.07) is 12.3. The maximum Gasteiger partial charge on any atom is 0.319 e. The van der Waals surface area contributed by atoms with Gasteiger partial charge in [-0.15, -0.1) is 0 Å². The largest absolute Gasteiger partial charge is 0.496 e. The third-order valence-corrected chi connectivity index (χ3v) is 4.60. The van der Waals surface area contributed by atoms with Gasteiger partial charge in [0.05, 0.1) is 18.7 Å². The van der Waals surface area contributed by atoms with Gasteiger partial charge in [0, 0.05) is 16.9 Å². The molecule has 2 aromatic rings. The van der Waals surface area contributed by atoms with Crippen LogP contribution in [0.5, 0.6) is 5.75 Å². The van der Waals surface area contributed by atoms with E-state index < -0.39 is 6.04 Å². The van der Waals surface area contributed by atoms with Gasteiger partial charge in [-0.1, -0.05) is 30.3 Å². The molecule has 0 fully saturated rings. The maximum atomic E-state index is 13.1. The number of aryl methyl sites for hydroxylation is 2. The highest BCUT2D eigenvalue weighted by atomic mass is 16.5. The molecule has 0 saturated heterocycles. The number of carbonyl (C=O) groups excluding carboxylic acids is 2. The van der Waals surface area contributed by atoms with Gasteiger partial charge in [0.25, 0.3) is 5.91 Å². The lowest BCUT2D eigenvalue weighted by Crippen LogP contribution is -2.46. The van der Waals surface area contributed by atoms with E-state index in [2.05, 4.69) is 16.0 Å². The maximum absolute atomic E-state index is 13.1. The van der Waals surface area contributed by atoms with Crippen molar-refractivity contribution < 1.29 is 14.3 Å². The Morgan fingerprint density at radius 1 is 1.11 bits per heavy atom. The molecule has 0 aromatic heterocycles. The van der Waals surface area contributed by atoms with E-state index in [0.29, 0.717) is 17.0 Å². The summed E-state index contributed by atoms with van der Waals surface area (Å²) in [4.78, 5) is 25.2. The quantitative estimate of drug-likeness (QED) is 0.775. The molecule has 1 heterocycles. The van der Waals surface area contributed by atoms with Gasteiger partial charge in [-0.05, 0) is 44.0 Å². The molecule has 1 atom stereocenters. The van der Waals surface area contributed by atoms with Crippen LogP contribution in [-0.4, -0.2) is 19.0 Å². The van der Waals surface area contributed by atoms with Gasteiger partial charge in [0.15, 0.2) is 0 Å². The normalized spacial score (nSPS) is 16.4. The Hall–Kier alpha value is -3.28. The molecule has 1 aliphatic rings. The van der Waals surface area contributed by atoms with Crippen molar-refractivity contribution in [2.75, 3.05) is 12.4 Å². The molecule has 6 heteroatoms. The van der Waals surface area contributed by atoms with E-state index in [1.807, 2.05) is 50.2 Å². The van der Waals surface area contributed by atoms with Crippen LogP contribution in [0.25, 0.3) is 0 Å². The summed E-state index contributed by atoms with van der Waals surface area (Å²) in [5, 5.41) is 8.49. The van der Waals surface area contributed by atoms with E-state index in [0.717, 1.165) is 22.4 Å². The Labute approximate surface area is 158 Å². The van der Waals surface area contributed by atoms with Crippen LogP contribution < -0.4 is 20.7 Å². The summed E-state index contributed by atoms with van der Waals surface area (Å²) in [7, 11) is 1.56. The standard InChI is InChI=1S/C21H23N3O3/c1-12-9-10-13(2)16(11-12)23-20(25)18-14(3)22-21(26)24-19(18)15-7-5-6-8-17(15)27-4/h5-11,19H,1-4H3,(H,23,25)(H2,22,24,26)/t19-/m0/s1. The van der Waals surface area contributed by atoms with Crippen LogP contribution in [-0.2, 0) is 4.79 Å². The first-order valence-electron chi connectivity index (χ1n) is 8.70. The van der Waals surface area contributed by atoms with Gasteiger partial charge < -0.3 is 20.7 Å². The average molecular weight is 365 g/mol. The molecule has 0 unspecified atom stereocenters. The zero-order valence-electron chi connectivity index (χ0n) is 15.8. The second kappa shape index (κ2) is 7.53. The minimum absolute atomic E-state index is 0.274. The smallest absolute Gasteiger partial charge is 0.319 e. The summed E-state index contributed by atoms with van der Waals surface area (Å²) < 4.78 is 5.42. The lowest BCUT2D eigenvalue weighted by atomic mass is 9.94. The number of hydrogen-bond acceptors (Lipinski definition) is 3. The Morgan fingerprint density at radius 2 is 1.85 bits per heavy atom. The number of nitrogens with one attached hydrogen (secondary N) is 3. The van der Waals surface area contributed by atoms with E-state index in [1.165, 1.54) is 0 Å². The Bertz CT molecular complexity index is 934. The Morgan fingerprint density at radius 3 is 2.59 bits per heavy atom. The third-order valence-electron chi connectivity index (χ3n) is 4.60. The fourth-order valence-corrected chi connectivity index (χ4v) is 3.19. The van der Waals surface area contributed by atoms with Crippen LogP contribution in [0.15, 0.2) is 53.7 Å². The SMILES string of the molecule is COc1ccccc1[C@@H]1NC(=O)NC(C)=C1C(=O)Nc1cc(C)ccc1C. The molecule has 27 heavy (non-hydrogen) atoms. The summed E-state index contributed by atoms with van der Waals surface area (Å²) in [6.45, 7) is 5.63. The summed E-state index contributed by atoms with van der Waals surface area (Å²) >= 11 is 0. The van der Waals surface area contributed by atoms with E-state index in [-0.39, 0.29) is 11.9 Å². The number of ether oxygens (including phenoxy) is 1. The predicted octanol–water partition coefficient (Wildman–Crippen LogP) is 3.58. The molecule has 6 nitrogen and oxygen atoms in total. The number of amides is 3. The average Bonchev–Trinajstić information content (AvgIpc) is 2.63. The van der Waals surface area contributed by atoms with Crippen molar-refractivity contribution in [2.24, 2.45) is 0 Å². The fraction of sp³-hybridized carbons (Fsp3) is 0.238. The Kier molecular flexibility index (Phi) is 5.16. The van der Waals surface area contributed by atoms with E-state index >= 15 is 0 Å². The van der Waals surface area contributed by atoms with Crippen LogP contribution in [0.4, 0.5) is 10.5 Å². The van der Waals surface area contributed by atoms with Crippen molar-refractivity contribution in [1.82, 2.24) is 10.6 Å². The van der Waals surface area contributed by atoms with Crippen molar-refractivity contribution in [3.63, 3.8) is 0 Å². The molecule has 0 spiro atoms. The molecule has 0 radical (unpaired) electrons. The van der Waals surface area contributed by atoms with Crippen LogP contribution in [0.3, 0.4) is 0 Å². The first-order valence-corrected chi connectivity index (χ1v) is 8.70. The van der Waals surface area contributed by atoms with Gasteiger partial charge in [-0.25, -0.2) is 4.79 Å². The summed E-state index contributed by atoms with van der Waals surface area (Å²) in [6.07, 6.45) is 0. The van der Waals surface area contributed by atoms with E-state index in [4.69, 9.17) is 4.74 Å². The number of carbonyl (C=O) groups is 2. The first kappa shape index (κ1) is 18.5. The highest BCUT2D eigenvalue weighted by molar-refractivity contribution is 6.07. The van der Waals surface area contributed by atoms with Crippen molar-refractivity contribution in [3.8, 4) is 5.75 Å². The number of allylic oxidation sites excluding steroid dienone is 1. The molecule has 3 N–H and O–H groups in total. The molecule has 1 aliphatic heterocycles. The zero-order chi connectivity index (χ0) is 19.6. The second-order valence-electron chi connectivity index (χ2n) is 6.58. The number of para-hydroxylation sites is 1. The highest BCUT2D eigenvalue weighted by Gasteiger charge is 2.33. The topological polar surface area (TPSA) is 79.5 Å². The second-order valence-corrected chi connectivity index (χ2v) is 6.58. The van der Waals surface area contributed by atoms with Crippen molar-refractivity contribution >= 4 is 17.6 Å². The predicted molar refractivity (Wildman–Crippen MR) is 105 cm³/mol. The van der Waals surface area contributed by atoms with Crippen molar-refractivity contribution in [1.29, 1.82) is 0 Å². The number of methoxy groups -OCH3 is 1. The van der Waals surface area contributed by atoms with Gasteiger partial charge >= 0.3 is 6.03 Å². The lowest BCUT2D eigenvalue weighted by molar-refractivity contribution is -0.113. The van der Waals surface area contributed by atoms with Crippen LogP contribution in [0.2, 0.25) is 0 Å². The number of rotatable bonds is 4. The minimum atomic E-state index is -0.611. The molecular weight excluding hydrogens is 342 g/mol. The summed E-state index contributed by atoms with van der Waals surface area (Å²) in [5.41, 5.74) is 4.44. The molecule has 0 bridgehead atoms. The third kappa shape index (κ3) is 3.79. The van der Waals surface area contributed by atoms with E-state index in [9.17, 15) is 9.59 Å². The number of urea groups is 1. The molecule has 0 aliphatic carbocycles. The first-order chi connectivity index (χ1) is 12.9. The number of benzene rings is 2.